The Hall–Kier alpha value is -2.89. The fourth-order valence-electron chi connectivity index (χ4n) is 2.95. The molecule has 1 aliphatic carbocycles. The van der Waals surface area contributed by atoms with E-state index in [0.29, 0.717) is 24.1 Å². The molecule has 1 saturated carbocycles. The van der Waals surface area contributed by atoms with E-state index in [9.17, 15) is 4.79 Å². The Morgan fingerprint density at radius 1 is 1.28 bits per heavy atom. The van der Waals surface area contributed by atoms with Gasteiger partial charge in [0, 0.05) is 13.0 Å². The van der Waals surface area contributed by atoms with Gasteiger partial charge in [0.05, 0.1) is 18.4 Å². The molecule has 2 heterocycles. The van der Waals surface area contributed by atoms with Crippen molar-refractivity contribution in [3.05, 3.63) is 65.9 Å². The summed E-state index contributed by atoms with van der Waals surface area (Å²) >= 11 is 0. The molecule has 2 aromatic heterocycles. The highest BCUT2D eigenvalue weighted by molar-refractivity contribution is 5.91. The molecule has 3 aromatic rings. The maximum Gasteiger partial charge on any atom is 0.276 e. The first kappa shape index (κ1) is 15.6. The number of para-hydroxylation sites is 1. The summed E-state index contributed by atoms with van der Waals surface area (Å²) in [5.41, 5.74) is 1.13. The van der Waals surface area contributed by atoms with E-state index in [1.807, 2.05) is 42.5 Å². The molecular formula is C19H20N4O2. The molecule has 25 heavy (non-hydrogen) atoms. The average molecular weight is 336 g/mol. The first-order valence-corrected chi connectivity index (χ1v) is 8.43. The molecule has 1 amide bonds. The van der Waals surface area contributed by atoms with Gasteiger partial charge in [-0.1, -0.05) is 25.1 Å². The summed E-state index contributed by atoms with van der Waals surface area (Å²) in [6.07, 6.45) is 2.68. The van der Waals surface area contributed by atoms with Crippen LogP contribution in [0.4, 0.5) is 0 Å². The summed E-state index contributed by atoms with van der Waals surface area (Å²) in [5, 5.41) is 8.46. The van der Waals surface area contributed by atoms with Gasteiger partial charge in [0.2, 0.25) is 0 Å². The number of rotatable bonds is 5. The van der Waals surface area contributed by atoms with Gasteiger partial charge in [-0.2, -0.15) is 9.90 Å². The second-order valence-corrected chi connectivity index (χ2v) is 6.64. The van der Waals surface area contributed by atoms with Crippen LogP contribution in [0, 0.1) is 5.92 Å². The van der Waals surface area contributed by atoms with E-state index < -0.39 is 0 Å². The summed E-state index contributed by atoms with van der Waals surface area (Å²) in [7, 11) is 1.74. The van der Waals surface area contributed by atoms with Gasteiger partial charge in [-0.3, -0.25) is 4.79 Å². The highest BCUT2D eigenvalue weighted by atomic mass is 16.3. The summed E-state index contributed by atoms with van der Waals surface area (Å²) < 4.78 is 5.87. The summed E-state index contributed by atoms with van der Waals surface area (Å²) in [6.45, 7) is 2.64. The van der Waals surface area contributed by atoms with Crippen molar-refractivity contribution in [2.75, 3.05) is 7.05 Å². The number of hydrogen-bond acceptors (Lipinski definition) is 4. The SMILES string of the molecule is CC1CC1c1ccc(CN(C)C(=O)c2cnn(-c3ccccc3)n2)o1. The lowest BCUT2D eigenvalue weighted by Gasteiger charge is -2.13. The van der Waals surface area contributed by atoms with Gasteiger partial charge >= 0.3 is 0 Å². The standard InChI is InChI=1S/C19H20N4O2/c1-13-10-16(13)18-9-8-15(25-18)12-22(2)19(24)17-11-20-23(21-17)14-6-4-3-5-7-14/h3-9,11,13,16H,10,12H2,1-2H3. The Bertz CT molecular complexity index is 884. The van der Waals surface area contributed by atoms with Crippen LogP contribution in [0.2, 0.25) is 0 Å². The minimum Gasteiger partial charge on any atom is -0.464 e. The predicted octanol–water partition coefficient (Wildman–Crippen LogP) is 3.26. The summed E-state index contributed by atoms with van der Waals surface area (Å²) in [6, 6.07) is 13.5. The number of furan rings is 1. The van der Waals surface area contributed by atoms with Crippen molar-refractivity contribution >= 4 is 5.91 Å². The first-order valence-electron chi connectivity index (χ1n) is 8.43. The number of carbonyl (C=O) groups is 1. The third kappa shape index (κ3) is 3.20. The number of carbonyl (C=O) groups excluding carboxylic acids is 1. The van der Waals surface area contributed by atoms with E-state index >= 15 is 0 Å². The van der Waals surface area contributed by atoms with Crippen LogP contribution < -0.4 is 0 Å². The van der Waals surface area contributed by atoms with Gasteiger partial charge in [0.15, 0.2) is 5.69 Å². The third-order valence-corrected chi connectivity index (χ3v) is 4.60. The fourth-order valence-corrected chi connectivity index (χ4v) is 2.95. The van der Waals surface area contributed by atoms with E-state index in [4.69, 9.17) is 4.42 Å². The Labute approximate surface area is 146 Å². The molecule has 0 radical (unpaired) electrons. The van der Waals surface area contributed by atoms with Crippen LogP contribution in [0.1, 0.15) is 41.3 Å². The zero-order valence-electron chi connectivity index (χ0n) is 14.3. The van der Waals surface area contributed by atoms with Gasteiger partial charge in [-0.05, 0) is 36.6 Å². The number of aromatic nitrogens is 3. The Balaban J connectivity index is 1.43. The maximum absolute atomic E-state index is 12.6. The Morgan fingerprint density at radius 2 is 2.04 bits per heavy atom. The van der Waals surface area contributed by atoms with E-state index in [1.165, 1.54) is 17.4 Å². The lowest BCUT2D eigenvalue weighted by Crippen LogP contribution is -2.26. The van der Waals surface area contributed by atoms with Gasteiger partial charge in [-0.25, -0.2) is 0 Å². The van der Waals surface area contributed by atoms with Gasteiger partial charge in [-0.15, -0.1) is 5.10 Å². The molecule has 1 aliphatic rings. The first-order chi connectivity index (χ1) is 12.1. The zero-order chi connectivity index (χ0) is 17.4. The summed E-state index contributed by atoms with van der Waals surface area (Å²) in [5.74, 6) is 2.88. The monoisotopic (exact) mass is 336 g/mol. The molecule has 1 aromatic carbocycles. The molecule has 0 aliphatic heterocycles. The van der Waals surface area contributed by atoms with Crippen LogP contribution >= 0.6 is 0 Å². The molecule has 0 bridgehead atoms. The van der Waals surface area contributed by atoms with Crippen molar-refractivity contribution in [1.29, 1.82) is 0 Å². The predicted molar refractivity (Wildman–Crippen MR) is 92.4 cm³/mol. The number of hydrogen-bond donors (Lipinski definition) is 0. The minimum atomic E-state index is -0.181. The van der Waals surface area contributed by atoms with Crippen molar-refractivity contribution in [2.45, 2.75) is 25.8 Å². The lowest BCUT2D eigenvalue weighted by atomic mass is 10.3. The number of nitrogens with zero attached hydrogens (tertiary/aromatic N) is 4. The van der Waals surface area contributed by atoms with Gasteiger partial charge in [0.1, 0.15) is 11.5 Å². The Morgan fingerprint density at radius 3 is 2.76 bits per heavy atom. The maximum atomic E-state index is 12.6. The smallest absolute Gasteiger partial charge is 0.276 e. The molecule has 2 unspecified atom stereocenters. The molecule has 6 nitrogen and oxygen atoms in total. The molecule has 0 spiro atoms. The molecule has 4 rings (SSSR count). The molecule has 2 atom stereocenters. The molecule has 128 valence electrons. The molecular weight excluding hydrogens is 316 g/mol. The van der Waals surface area contributed by atoms with Gasteiger partial charge < -0.3 is 9.32 Å². The number of benzene rings is 1. The van der Waals surface area contributed by atoms with Crippen LogP contribution in [0.15, 0.2) is 53.1 Å². The normalized spacial score (nSPS) is 19.0. The molecule has 0 N–H and O–H groups in total. The molecule has 1 fully saturated rings. The number of amides is 1. The summed E-state index contributed by atoms with van der Waals surface area (Å²) in [4.78, 5) is 15.6. The minimum absolute atomic E-state index is 0.181. The highest BCUT2D eigenvalue weighted by Crippen LogP contribution is 2.47. The highest BCUT2D eigenvalue weighted by Gasteiger charge is 2.36. The van der Waals surface area contributed by atoms with E-state index in [-0.39, 0.29) is 5.91 Å². The average Bonchev–Trinajstić information content (AvgIpc) is 3.05. The van der Waals surface area contributed by atoms with Crippen LogP contribution in [0.3, 0.4) is 0 Å². The van der Waals surface area contributed by atoms with Crippen LogP contribution in [0.5, 0.6) is 0 Å². The van der Waals surface area contributed by atoms with Crippen molar-refractivity contribution < 1.29 is 9.21 Å². The molecule has 6 heteroatoms. The second kappa shape index (κ2) is 6.20. The quantitative estimate of drug-likeness (QED) is 0.717. The fraction of sp³-hybridized carbons (Fsp3) is 0.316. The largest absolute Gasteiger partial charge is 0.464 e. The second-order valence-electron chi connectivity index (χ2n) is 6.64. The van der Waals surface area contributed by atoms with E-state index in [2.05, 4.69) is 17.1 Å². The van der Waals surface area contributed by atoms with Crippen LogP contribution in [0.25, 0.3) is 5.69 Å². The Kier molecular flexibility index (Phi) is 3.87. The van der Waals surface area contributed by atoms with Crippen LogP contribution in [-0.2, 0) is 6.54 Å². The lowest BCUT2D eigenvalue weighted by molar-refractivity contribution is 0.0768. The van der Waals surface area contributed by atoms with Crippen molar-refractivity contribution in [3.8, 4) is 5.69 Å². The zero-order valence-corrected chi connectivity index (χ0v) is 14.3. The van der Waals surface area contributed by atoms with Crippen LogP contribution in [-0.4, -0.2) is 32.8 Å². The van der Waals surface area contributed by atoms with Crippen molar-refractivity contribution in [2.24, 2.45) is 5.92 Å². The third-order valence-electron chi connectivity index (χ3n) is 4.60. The van der Waals surface area contributed by atoms with Crippen molar-refractivity contribution in [3.63, 3.8) is 0 Å². The van der Waals surface area contributed by atoms with Gasteiger partial charge in [0.25, 0.3) is 5.91 Å². The van der Waals surface area contributed by atoms with E-state index in [0.717, 1.165) is 17.2 Å². The van der Waals surface area contributed by atoms with Crippen molar-refractivity contribution in [1.82, 2.24) is 19.9 Å². The topological polar surface area (TPSA) is 64.2 Å². The van der Waals surface area contributed by atoms with E-state index in [1.54, 1.807) is 11.9 Å². The molecule has 0 saturated heterocycles.